The summed E-state index contributed by atoms with van der Waals surface area (Å²) in [4.78, 5) is 48.0. The van der Waals surface area contributed by atoms with Gasteiger partial charge in [-0.05, 0) is 18.2 Å². The van der Waals surface area contributed by atoms with Crippen LogP contribution in [0.15, 0.2) is 58.3 Å². The van der Waals surface area contributed by atoms with Gasteiger partial charge in [0.1, 0.15) is 30.0 Å². The van der Waals surface area contributed by atoms with Gasteiger partial charge in [0, 0.05) is 28.2 Å². The quantitative estimate of drug-likeness (QED) is 0.152. The molecule has 3 aromatic rings. The third-order valence-corrected chi connectivity index (χ3v) is 7.93. The first kappa shape index (κ1) is 24.5. The second kappa shape index (κ2) is 9.71. The number of phenols is 1. The van der Waals surface area contributed by atoms with Crippen molar-refractivity contribution in [3.8, 4) is 5.75 Å². The van der Waals surface area contributed by atoms with Crippen LogP contribution in [-0.2, 0) is 25.8 Å². The van der Waals surface area contributed by atoms with Gasteiger partial charge in [-0.25, -0.2) is 4.98 Å². The monoisotopic (exact) mass is 540 g/mol. The number of carbonyl (C=O) groups excluding carboxylic acids is 3. The van der Waals surface area contributed by atoms with Crippen LogP contribution in [0, 0.1) is 0 Å². The van der Waals surface area contributed by atoms with Gasteiger partial charge in [-0.3, -0.25) is 14.5 Å². The molecule has 0 saturated carbocycles. The molecule has 2 atom stereocenters. The van der Waals surface area contributed by atoms with Gasteiger partial charge in [-0.15, -0.1) is 23.1 Å². The molecule has 37 heavy (non-hydrogen) atoms. The fourth-order valence-electron chi connectivity index (χ4n) is 4.29. The lowest BCUT2D eigenvalue weighted by Crippen LogP contribution is -2.71. The van der Waals surface area contributed by atoms with Crippen LogP contribution in [0.5, 0.6) is 5.75 Å². The summed E-state index contributed by atoms with van der Waals surface area (Å²) in [5, 5.41) is 30.4. The van der Waals surface area contributed by atoms with Gasteiger partial charge in [0.15, 0.2) is 23.6 Å². The second-order valence-corrected chi connectivity index (χ2v) is 10.2. The van der Waals surface area contributed by atoms with Crippen molar-refractivity contribution < 1.29 is 34.0 Å². The Morgan fingerprint density at radius 2 is 2.22 bits per heavy atom. The van der Waals surface area contributed by atoms with Crippen molar-refractivity contribution in [3.63, 3.8) is 0 Å². The lowest BCUT2D eigenvalue weighted by Gasteiger charge is -2.50. The first-order valence-corrected chi connectivity index (χ1v) is 12.8. The van der Waals surface area contributed by atoms with E-state index in [1.165, 1.54) is 24.3 Å². The zero-order valence-electron chi connectivity index (χ0n) is 19.3. The molecule has 12 nitrogen and oxygen atoms in total. The van der Waals surface area contributed by atoms with E-state index in [1.54, 1.807) is 29.0 Å². The Hall–Kier alpha value is -4.17. The number of amides is 2. The summed E-state index contributed by atoms with van der Waals surface area (Å²) in [6, 6.07) is 7.62. The summed E-state index contributed by atoms with van der Waals surface area (Å²) < 4.78 is 1.80. The molecule has 190 valence electrons. The SMILES string of the molecule is CON=C(C(=O)NC1C(=O)N2C(C(=O)[O-])=C(C[n+]3cccc4ccc(O)cc43)CS[C@@H]12)c1csc(N)n1. The van der Waals surface area contributed by atoms with E-state index in [9.17, 15) is 24.6 Å². The molecular weight excluding hydrogens is 520 g/mol. The topological polar surface area (TPSA) is 174 Å². The highest BCUT2D eigenvalue weighted by molar-refractivity contribution is 8.00. The van der Waals surface area contributed by atoms with Gasteiger partial charge >= 0.3 is 0 Å². The molecule has 0 radical (unpaired) electrons. The van der Waals surface area contributed by atoms with Gasteiger partial charge < -0.3 is 30.9 Å². The molecule has 2 aliphatic heterocycles. The Labute approximate surface area is 218 Å². The minimum Gasteiger partial charge on any atom is -0.543 e. The third kappa shape index (κ3) is 4.44. The summed E-state index contributed by atoms with van der Waals surface area (Å²) in [6.07, 6.45) is 1.77. The molecular formula is C23H20N6O6S2. The van der Waals surface area contributed by atoms with E-state index >= 15 is 0 Å². The van der Waals surface area contributed by atoms with Gasteiger partial charge in [-0.2, -0.15) is 4.57 Å². The number of aromatic hydroxyl groups is 1. The molecule has 1 aromatic carbocycles. The molecule has 2 amide bonds. The number of carbonyl (C=O) groups is 3. The number of carboxylic acids is 1. The normalized spacial score (nSPS) is 19.4. The summed E-state index contributed by atoms with van der Waals surface area (Å²) in [7, 11) is 1.27. The molecule has 0 aliphatic carbocycles. The number of hydrogen-bond acceptors (Lipinski definition) is 11. The van der Waals surface area contributed by atoms with E-state index in [4.69, 9.17) is 10.6 Å². The number of aliphatic carboxylic acids is 1. The number of carboxylic acid groups (broad SMARTS) is 1. The molecule has 2 aromatic heterocycles. The van der Waals surface area contributed by atoms with Crippen molar-refractivity contribution in [1.29, 1.82) is 0 Å². The Kier molecular flexibility index (Phi) is 6.43. The Balaban J connectivity index is 1.39. The highest BCUT2D eigenvalue weighted by atomic mass is 32.2. The molecule has 2 aliphatic rings. The van der Waals surface area contributed by atoms with E-state index in [1.807, 2.05) is 12.1 Å². The fraction of sp³-hybridized carbons (Fsp3) is 0.217. The van der Waals surface area contributed by atoms with E-state index in [0.717, 1.165) is 21.6 Å². The number of β-lactam (4-membered cyclic amide) rings is 1. The molecule has 0 spiro atoms. The number of phenolic OH excluding ortho intramolecular Hbond substituents is 1. The first-order valence-electron chi connectivity index (χ1n) is 10.9. The van der Waals surface area contributed by atoms with Crippen LogP contribution in [0.25, 0.3) is 10.9 Å². The van der Waals surface area contributed by atoms with Gasteiger partial charge in [0.2, 0.25) is 5.52 Å². The molecule has 4 N–H and O–H groups in total. The van der Waals surface area contributed by atoms with Crippen LogP contribution in [0.2, 0.25) is 0 Å². The number of fused-ring (bicyclic) bond motifs is 2. The van der Waals surface area contributed by atoms with Crippen LogP contribution in [0.4, 0.5) is 5.13 Å². The number of nitrogens with zero attached hydrogens (tertiary/aromatic N) is 4. The highest BCUT2D eigenvalue weighted by Gasteiger charge is 2.53. The van der Waals surface area contributed by atoms with Crippen molar-refractivity contribution in [2.75, 3.05) is 18.6 Å². The van der Waals surface area contributed by atoms with Crippen molar-refractivity contribution >= 4 is 62.6 Å². The lowest BCUT2D eigenvalue weighted by atomic mass is 10.0. The minimum atomic E-state index is -1.48. The molecule has 14 heteroatoms. The Bertz CT molecular complexity index is 1500. The smallest absolute Gasteiger partial charge is 0.276 e. The van der Waals surface area contributed by atoms with Crippen LogP contribution < -0.4 is 20.7 Å². The predicted molar refractivity (Wildman–Crippen MR) is 133 cm³/mol. The van der Waals surface area contributed by atoms with Crippen molar-refractivity contribution in [3.05, 3.63) is 58.9 Å². The summed E-state index contributed by atoms with van der Waals surface area (Å²) in [6.45, 7) is 0.167. The predicted octanol–water partition coefficient (Wildman–Crippen LogP) is -0.674. The number of thioether (sulfide) groups is 1. The number of thiazole rings is 1. The average Bonchev–Trinajstić information content (AvgIpc) is 3.31. The number of nitrogens with one attached hydrogen (secondary N) is 1. The van der Waals surface area contributed by atoms with Gasteiger partial charge in [0.05, 0.1) is 17.7 Å². The number of hydrogen-bond donors (Lipinski definition) is 3. The second-order valence-electron chi connectivity index (χ2n) is 8.17. The summed E-state index contributed by atoms with van der Waals surface area (Å²) >= 11 is 2.44. The van der Waals surface area contributed by atoms with E-state index in [-0.39, 0.29) is 40.3 Å². The summed E-state index contributed by atoms with van der Waals surface area (Å²) in [5.41, 5.74) is 6.63. The van der Waals surface area contributed by atoms with E-state index in [2.05, 4.69) is 15.5 Å². The molecule has 4 heterocycles. The van der Waals surface area contributed by atoms with Gasteiger partial charge in [0.25, 0.3) is 11.8 Å². The molecule has 1 unspecified atom stereocenters. The number of nitrogen functional groups attached to an aromatic ring is 1. The largest absolute Gasteiger partial charge is 0.543 e. The first-order chi connectivity index (χ1) is 17.8. The maximum absolute atomic E-state index is 13.1. The number of aromatic nitrogens is 2. The number of oxime groups is 1. The van der Waals surface area contributed by atoms with Crippen molar-refractivity contribution in [2.24, 2.45) is 5.16 Å². The third-order valence-electron chi connectivity index (χ3n) is 5.92. The standard InChI is InChI=1S/C23H20N6O6S2/c1-35-27-16(14-10-37-23(24)25-14)19(31)26-17-20(32)29-18(22(33)34)12(9-36-21(17)29)8-28-6-2-3-11-4-5-13(30)7-15(11)28/h2-7,10,17,21H,8-9H2,1H3,(H4,24,25,26,31,33,34)/t17?,21-/m0/s1. The highest BCUT2D eigenvalue weighted by Crippen LogP contribution is 2.40. The van der Waals surface area contributed by atoms with Crippen LogP contribution in [0.3, 0.4) is 0 Å². The number of nitrogens with two attached hydrogens (primary N) is 1. The lowest BCUT2D eigenvalue weighted by molar-refractivity contribution is -0.663. The van der Waals surface area contributed by atoms with Crippen molar-refractivity contribution in [2.45, 2.75) is 18.0 Å². The molecule has 1 fully saturated rings. The Morgan fingerprint density at radius 3 is 2.92 bits per heavy atom. The molecule has 1 saturated heterocycles. The maximum Gasteiger partial charge on any atom is 0.276 e. The summed E-state index contributed by atoms with van der Waals surface area (Å²) in [5.74, 6) is -2.41. The van der Waals surface area contributed by atoms with Crippen LogP contribution >= 0.6 is 23.1 Å². The number of anilines is 1. The van der Waals surface area contributed by atoms with Crippen LogP contribution in [-0.4, -0.2) is 62.8 Å². The van der Waals surface area contributed by atoms with E-state index in [0.29, 0.717) is 11.1 Å². The van der Waals surface area contributed by atoms with E-state index < -0.39 is 29.2 Å². The minimum absolute atomic E-state index is 0.0767. The maximum atomic E-state index is 13.1. The van der Waals surface area contributed by atoms with Crippen LogP contribution in [0.1, 0.15) is 5.69 Å². The zero-order chi connectivity index (χ0) is 26.3. The number of pyridine rings is 1. The fourth-order valence-corrected chi connectivity index (χ4v) is 6.17. The molecule has 5 rings (SSSR count). The molecule has 0 bridgehead atoms. The van der Waals surface area contributed by atoms with Gasteiger partial charge in [-0.1, -0.05) is 5.16 Å². The van der Waals surface area contributed by atoms with Crippen molar-refractivity contribution in [1.82, 2.24) is 15.2 Å². The number of rotatable bonds is 7. The number of benzene rings is 1. The average molecular weight is 541 g/mol. The Morgan fingerprint density at radius 1 is 1.41 bits per heavy atom. The zero-order valence-corrected chi connectivity index (χ0v) is 20.9.